The Hall–Kier alpha value is -2.66. The summed E-state index contributed by atoms with van der Waals surface area (Å²) < 4.78 is 43.9. The molecule has 0 radical (unpaired) electrons. The molecule has 0 amide bonds. The summed E-state index contributed by atoms with van der Waals surface area (Å²) in [5.74, 6) is -0.357. The van der Waals surface area contributed by atoms with Crippen molar-refractivity contribution in [2.45, 2.75) is 19.1 Å². The second-order valence-electron chi connectivity index (χ2n) is 5.49. The number of methoxy groups -OCH3 is 1. The zero-order valence-electron chi connectivity index (χ0n) is 14.2. The van der Waals surface area contributed by atoms with Crippen molar-refractivity contribution in [3.05, 3.63) is 45.2 Å². The number of nitrogens with one attached hydrogen (secondary N) is 2. The van der Waals surface area contributed by atoms with Crippen LogP contribution in [-0.2, 0) is 10.9 Å². The van der Waals surface area contributed by atoms with Gasteiger partial charge in [-0.25, -0.2) is 9.97 Å². The summed E-state index contributed by atoms with van der Waals surface area (Å²) in [7, 11) is 1.47. The Morgan fingerprint density at radius 3 is 2.59 bits per heavy atom. The van der Waals surface area contributed by atoms with E-state index in [1.54, 1.807) is 6.92 Å². The maximum Gasteiger partial charge on any atom is 0.417 e. The highest BCUT2D eigenvalue weighted by atomic mass is 35.5. The Bertz CT molecular complexity index is 835. The van der Waals surface area contributed by atoms with Crippen molar-refractivity contribution >= 4 is 34.6 Å². The van der Waals surface area contributed by atoms with Gasteiger partial charge in [-0.15, -0.1) is 0 Å². The van der Waals surface area contributed by atoms with E-state index in [4.69, 9.17) is 16.3 Å². The molecule has 1 aromatic heterocycles. The van der Waals surface area contributed by atoms with Crippen LogP contribution in [0.3, 0.4) is 0 Å². The third kappa shape index (κ3) is 5.17. The quantitative estimate of drug-likeness (QED) is 0.524. The van der Waals surface area contributed by atoms with E-state index in [-0.39, 0.29) is 30.0 Å². The summed E-state index contributed by atoms with van der Waals surface area (Å²) in [6, 6.07) is 2.74. The highest BCUT2D eigenvalue weighted by Crippen LogP contribution is 2.38. The van der Waals surface area contributed by atoms with Gasteiger partial charge in [-0.1, -0.05) is 11.6 Å². The molecule has 0 saturated heterocycles. The number of alkyl halides is 3. The minimum atomic E-state index is -4.67. The van der Waals surface area contributed by atoms with Crippen LogP contribution in [0, 0.1) is 10.1 Å². The van der Waals surface area contributed by atoms with Crippen LogP contribution in [0.15, 0.2) is 24.5 Å². The van der Waals surface area contributed by atoms with Crippen molar-refractivity contribution in [1.82, 2.24) is 9.97 Å². The summed E-state index contributed by atoms with van der Waals surface area (Å²) >= 11 is 5.57. The average Bonchev–Trinajstić information content (AvgIpc) is 2.55. The fourth-order valence-electron chi connectivity index (χ4n) is 2.23. The molecule has 0 aliphatic rings. The lowest BCUT2D eigenvalue weighted by Crippen LogP contribution is -2.22. The van der Waals surface area contributed by atoms with Crippen molar-refractivity contribution in [3.63, 3.8) is 0 Å². The predicted molar refractivity (Wildman–Crippen MR) is 93.4 cm³/mol. The molecule has 1 atom stereocenters. The second-order valence-corrected chi connectivity index (χ2v) is 5.90. The van der Waals surface area contributed by atoms with Crippen LogP contribution in [0.1, 0.15) is 12.5 Å². The number of halogens is 4. The average molecular weight is 406 g/mol. The highest BCUT2D eigenvalue weighted by Gasteiger charge is 2.33. The predicted octanol–water partition coefficient (Wildman–Crippen LogP) is 4.25. The number of nitro groups is 1. The normalized spacial score (nSPS) is 12.5. The molecule has 27 heavy (non-hydrogen) atoms. The standard InChI is InChI=1S/C15H15ClF3N5O3/c1-8(6-27-2)22-13-12(24(25)26)14(21-7-20-13)23-9-3-4-11(16)10(5-9)15(17,18)19/h3-5,7-8H,6H2,1-2H3,(H2,20,21,22,23). The third-order valence-corrected chi connectivity index (χ3v) is 3.67. The summed E-state index contributed by atoms with van der Waals surface area (Å²) in [6.07, 6.45) is -3.62. The zero-order valence-corrected chi connectivity index (χ0v) is 14.9. The molecule has 0 spiro atoms. The van der Waals surface area contributed by atoms with Gasteiger partial charge in [-0.05, 0) is 25.1 Å². The van der Waals surface area contributed by atoms with Crippen LogP contribution in [0.4, 0.5) is 36.2 Å². The topological polar surface area (TPSA) is 102 Å². The first-order valence-corrected chi connectivity index (χ1v) is 7.90. The van der Waals surface area contributed by atoms with Gasteiger partial charge in [0.15, 0.2) is 0 Å². The Morgan fingerprint density at radius 1 is 1.33 bits per heavy atom. The lowest BCUT2D eigenvalue weighted by Gasteiger charge is -2.15. The zero-order chi connectivity index (χ0) is 20.2. The molecule has 8 nitrogen and oxygen atoms in total. The second kappa shape index (κ2) is 8.35. The van der Waals surface area contributed by atoms with E-state index in [1.807, 2.05) is 0 Å². The molecule has 2 rings (SSSR count). The first-order valence-electron chi connectivity index (χ1n) is 7.52. The summed E-state index contributed by atoms with van der Waals surface area (Å²) in [5.41, 5.74) is -1.65. The number of aromatic nitrogens is 2. The van der Waals surface area contributed by atoms with E-state index in [0.717, 1.165) is 18.5 Å². The molecule has 0 aliphatic carbocycles. The summed E-state index contributed by atoms with van der Waals surface area (Å²) in [6.45, 7) is 1.98. The van der Waals surface area contributed by atoms with Gasteiger partial charge in [0.05, 0.1) is 22.1 Å². The van der Waals surface area contributed by atoms with Gasteiger partial charge in [0, 0.05) is 18.8 Å². The van der Waals surface area contributed by atoms with Gasteiger partial charge in [-0.3, -0.25) is 10.1 Å². The van der Waals surface area contributed by atoms with E-state index in [0.29, 0.717) is 0 Å². The van der Waals surface area contributed by atoms with Crippen molar-refractivity contribution in [2.24, 2.45) is 0 Å². The van der Waals surface area contributed by atoms with Gasteiger partial charge in [0.2, 0.25) is 11.6 Å². The first kappa shape index (κ1) is 20.6. The van der Waals surface area contributed by atoms with E-state index in [2.05, 4.69) is 20.6 Å². The van der Waals surface area contributed by atoms with Crippen LogP contribution in [0.5, 0.6) is 0 Å². The molecular weight excluding hydrogens is 391 g/mol. The lowest BCUT2D eigenvalue weighted by atomic mass is 10.2. The number of nitrogens with zero attached hydrogens (tertiary/aromatic N) is 3. The minimum absolute atomic E-state index is 0.0654. The Kier molecular flexibility index (Phi) is 6.39. The molecule has 12 heteroatoms. The third-order valence-electron chi connectivity index (χ3n) is 3.34. The minimum Gasteiger partial charge on any atom is -0.383 e. The van der Waals surface area contributed by atoms with E-state index in [9.17, 15) is 23.3 Å². The summed E-state index contributed by atoms with van der Waals surface area (Å²) in [5, 5.41) is 16.3. The number of anilines is 3. The molecule has 2 aromatic rings. The molecule has 1 unspecified atom stereocenters. The Labute approximate surface area is 156 Å². The fraction of sp³-hybridized carbons (Fsp3) is 0.333. The largest absolute Gasteiger partial charge is 0.417 e. The first-order chi connectivity index (χ1) is 12.6. The van der Waals surface area contributed by atoms with Crippen LogP contribution in [0.2, 0.25) is 5.02 Å². The molecule has 0 saturated carbocycles. The van der Waals surface area contributed by atoms with Gasteiger partial charge in [-0.2, -0.15) is 13.2 Å². The molecule has 2 N–H and O–H groups in total. The Morgan fingerprint density at radius 2 is 2.00 bits per heavy atom. The monoisotopic (exact) mass is 405 g/mol. The maximum absolute atomic E-state index is 13.0. The van der Waals surface area contributed by atoms with E-state index < -0.39 is 27.4 Å². The molecule has 0 aliphatic heterocycles. The SMILES string of the molecule is COCC(C)Nc1ncnc(Nc2ccc(Cl)c(C(F)(F)F)c2)c1[N+](=O)[O-]. The van der Waals surface area contributed by atoms with Crippen molar-refractivity contribution in [2.75, 3.05) is 24.4 Å². The summed E-state index contributed by atoms with van der Waals surface area (Å²) in [4.78, 5) is 18.3. The molecule has 1 aromatic carbocycles. The number of rotatable bonds is 7. The molecule has 146 valence electrons. The molecular formula is C15H15ClF3N5O3. The molecule has 0 fully saturated rings. The van der Waals surface area contributed by atoms with Gasteiger partial charge >= 0.3 is 11.9 Å². The van der Waals surface area contributed by atoms with Crippen LogP contribution in [-0.4, -0.2) is 34.6 Å². The van der Waals surface area contributed by atoms with Crippen molar-refractivity contribution in [3.8, 4) is 0 Å². The highest BCUT2D eigenvalue weighted by molar-refractivity contribution is 6.31. The molecule has 1 heterocycles. The van der Waals surface area contributed by atoms with Crippen LogP contribution >= 0.6 is 11.6 Å². The van der Waals surface area contributed by atoms with E-state index >= 15 is 0 Å². The van der Waals surface area contributed by atoms with Gasteiger partial charge in [0.1, 0.15) is 6.33 Å². The van der Waals surface area contributed by atoms with Crippen LogP contribution in [0.25, 0.3) is 0 Å². The number of hydrogen-bond donors (Lipinski definition) is 2. The number of benzene rings is 1. The van der Waals surface area contributed by atoms with Crippen molar-refractivity contribution in [1.29, 1.82) is 0 Å². The van der Waals surface area contributed by atoms with E-state index in [1.165, 1.54) is 13.2 Å². The number of ether oxygens (including phenoxy) is 1. The van der Waals surface area contributed by atoms with Gasteiger partial charge < -0.3 is 15.4 Å². The Balaban J connectivity index is 2.41. The van der Waals surface area contributed by atoms with Gasteiger partial charge in [0.25, 0.3) is 0 Å². The number of hydrogen-bond acceptors (Lipinski definition) is 7. The maximum atomic E-state index is 13.0. The molecule has 0 bridgehead atoms. The lowest BCUT2D eigenvalue weighted by molar-refractivity contribution is -0.383. The fourth-order valence-corrected chi connectivity index (χ4v) is 2.46. The smallest absolute Gasteiger partial charge is 0.383 e. The van der Waals surface area contributed by atoms with Crippen LogP contribution < -0.4 is 10.6 Å². The van der Waals surface area contributed by atoms with Crippen molar-refractivity contribution < 1.29 is 22.8 Å².